The topological polar surface area (TPSA) is 6.48 Å². The average Bonchev–Trinajstić information content (AvgIpc) is 2.54. The van der Waals surface area contributed by atoms with Gasteiger partial charge >= 0.3 is 0 Å². The number of anilines is 2. The third-order valence-corrected chi connectivity index (χ3v) is 5.94. The summed E-state index contributed by atoms with van der Waals surface area (Å²) >= 11 is 8.14. The number of benzene rings is 2. The van der Waals surface area contributed by atoms with E-state index in [1.807, 2.05) is 17.8 Å². The number of halogens is 1. The van der Waals surface area contributed by atoms with Crippen LogP contribution in [-0.4, -0.2) is 31.1 Å². The maximum atomic E-state index is 6.29. The van der Waals surface area contributed by atoms with Crippen LogP contribution in [0, 0.1) is 0 Å². The highest BCUT2D eigenvalue weighted by Gasteiger charge is 2.30. The largest absolute Gasteiger partial charge is 0.336 e. The smallest absolute Gasteiger partial charge is 0.0570 e. The molecule has 0 spiro atoms. The molecule has 2 aliphatic rings. The van der Waals surface area contributed by atoms with Crippen LogP contribution in [0.15, 0.2) is 52.3 Å². The summed E-state index contributed by atoms with van der Waals surface area (Å²) in [5.41, 5.74) is 2.60. The Kier molecular flexibility index (Phi) is 3.81. The van der Waals surface area contributed by atoms with E-state index in [0.717, 1.165) is 18.1 Å². The van der Waals surface area contributed by atoms with Crippen molar-refractivity contribution in [2.24, 2.45) is 0 Å². The zero-order valence-electron chi connectivity index (χ0n) is 12.6. The van der Waals surface area contributed by atoms with Crippen LogP contribution >= 0.6 is 23.4 Å². The first-order valence-corrected chi connectivity index (χ1v) is 8.96. The Morgan fingerprint density at radius 2 is 1.73 bits per heavy atom. The first kappa shape index (κ1) is 14.4. The fourth-order valence-electron chi connectivity index (χ4n) is 3.40. The Labute approximate surface area is 141 Å². The normalized spacial score (nSPS) is 18.9. The van der Waals surface area contributed by atoms with E-state index >= 15 is 0 Å². The van der Waals surface area contributed by atoms with Gasteiger partial charge in [0.15, 0.2) is 0 Å². The summed E-state index contributed by atoms with van der Waals surface area (Å²) in [5.74, 6) is 0. The fraction of sp³-hybridized carbons (Fsp3) is 0.333. The number of piperidine rings is 1. The van der Waals surface area contributed by atoms with Crippen LogP contribution in [0.25, 0.3) is 0 Å². The molecular formula is C18H19ClN2S. The minimum absolute atomic E-state index is 0.551. The Hall–Kier alpha value is -1.16. The molecule has 0 aromatic heterocycles. The second-order valence-electron chi connectivity index (χ2n) is 6.09. The molecule has 114 valence electrons. The van der Waals surface area contributed by atoms with Gasteiger partial charge in [-0.3, -0.25) is 0 Å². The van der Waals surface area contributed by atoms with Gasteiger partial charge in [0.1, 0.15) is 0 Å². The van der Waals surface area contributed by atoms with Crippen molar-refractivity contribution in [2.75, 3.05) is 25.0 Å². The number of hydrogen-bond acceptors (Lipinski definition) is 3. The third-order valence-electron chi connectivity index (χ3n) is 4.58. The molecular weight excluding hydrogens is 312 g/mol. The molecule has 4 rings (SSSR count). The zero-order chi connectivity index (χ0) is 15.1. The number of nitrogens with zero attached hydrogens (tertiary/aromatic N) is 2. The van der Waals surface area contributed by atoms with Crippen molar-refractivity contribution in [3.8, 4) is 0 Å². The van der Waals surface area contributed by atoms with Crippen molar-refractivity contribution in [1.82, 2.24) is 4.90 Å². The maximum absolute atomic E-state index is 6.29. The number of para-hydroxylation sites is 1. The SMILES string of the molecule is CN1CCC(N2c3ccccc3Sc3ccc(Cl)cc32)CC1. The van der Waals surface area contributed by atoms with Crippen LogP contribution in [0.5, 0.6) is 0 Å². The molecule has 1 fully saturated rings. The molecule has 1 saturated heterocycles. The van der Waals surface area contributed by atoms with E-state index in [0.29, 0.717) is 6.04 Å². The molecule has 2 aromatic carbocycles. The zero-order valence-corrected chi connectivity index (χ0v) is 14.2. The van der Waals surface area contributed by atoms with Gasteiger partial charge in [-0.25, -0.2) is 0 Å². The van der Waals surface area contributed by atoms with Gasteiger partial charge < -0.3 is 9.80 Å². The molecule has 4 heteroatoms. The van der Waals surface area contributed by atoms with E-state index in [1.165, 1.54) is 34.0 Å². The van der Waals surface area contributed by atoms with Gasteiger partial charge in [-0.05, 0) is 63.3 Å². The molecule has 2 aliphatic heterocycles. The predicted molar refractivity (Wildman–Crippen MR) is 94.7 cm³/mol. The van der Waals surface area contributed by atoms with E-state index in [1.54, 1.807) is 0 Å². The summed E-state index contributed by atoms with van der Waals surface area (Å²) in [5, 5.41) is 0.816. The first-order chi connectivity index (χ1) is 10.7. The molecule has 22 heavy (non-hydrogen) atoms. The molecule has 0 radical (unpaired) electrons. The van der Waals surface area contributed by atoms with Crippen molar-refractivity contribution in [3.05, 3.63) is 47.5 Å². The van der Waals surface area contributed by atoms with Crippen LogP contribution in [-0.2, 0) is 0 Å². The van der Waals surface area contributed by atoms with Crippen molar-refractivity contribution in [1.29, 1.82) is 0 Å². The van der Waals surface area contributed by atoms with Crippen LogP contribution in [0.2, 0.25) is 5.02 Å². The summed E-state index contributed by atoms with van der Waals surface area (Å²) in [4.78, 5) is 7.60. The minimum atomic E-state index is 0.551. The fourth-order valence-corrected chi connectivity index (χ4v) is 4.62. The molecule has 0 saturated carbocycles. The van der Waals surface area contributed by atoms with Crippen molar-refractivity contribution in [3.63, 3.8) is 0 Å². The average molecular weight is 331 g/mol. The maximum Gasteiger partial charge on any atom is 0.0570 e. The molecule has 0 bridgehead atoms. The van der Waals surface area contributed by atoms with Crippen molar-refractivity contribution >= 4 is 34.7 Å². The highest BCUT2D eigenvalue weighted by molar-refractivity contribution is 7.99. The first-order valence-electron chi connectivity index (χ1n) is 7.76. The summed E-state index contributed by atoms with van der Waals surface area (Å²) in [6.07, 6.45) is 2.39. The Morgan fingerprint density at radius 1 is 1.00 bits per heavy atom. The number of rotatable bonds is 1. The summed E-state index contributed by atoms with van der Waals surface area (Å²) < 4.78 is 0. The lowest BCUT2D eigenvalue weighted by atomic mass is 10.0. The molecule has 0 aliphatic carbocycles. The Bertz CT molecular complexity index is 695. The lowest BCUT2D eigenvalue weighted by Gasteiger charge is -2.42. The van der Waals surface area contributed by atoms with E-state index in [2.05, 4.69) is 53.2 Å². The van der Waals surface area contributed by atoms with Gasteiger partial charge in [0.05, 0.1) is 11.4 Å². The highest BCUT2D eigenvalue weighted by Crippen LogP contribution is 2.50. The molecule has 0 amide bonds. The number of fused-ring (bicyclic) bond motifs is 2. The van der Waals surface area contributed by atoms with Crippen LogP contribution in [0.3, 0.4) is 0 Å². The standard InChI is InChI=1S/C18H19ClN2S/c1-20-10-8-14(9-11-20)21-15-4-2-3-5-17(15)22-18-7-6-13(19)12-16(18)21/h2-7,12,14H,8-11H2,1H3. The van der Waals surface area contributed by atoms with E-state index in [9.17, 15) is 0 Å². The summed E-state index contributed by atoms with van der Waals surface area (Å²) in [6, 6.07) is 15.5. The van der Waals surface area contributed by atoms with Crippen LogP contribution < -0.4 is 4.90 Å². The second kappa shape index (κ2) is 5.80. The quantitative estimate of drug-likeness (QED) is 0.723. The van der Waals surface area contributed by atoms with Crippen LogP contribution in [0.4, 0.5) is 11.4 Å². The monoisotopic (exact) mass is 330 g/mol. The summed E-state index contributed by atoms with van der Waals surface area (Å²) in [7, 11) is 2.21. The van der Waals surface area contributed by atoms with Gasteiger partial charge in [0.25, 0.3) is 0 Å². The third kappa shape index (κ3) is 2.51. The van der Waals surface area contributed by atoms with E-state index in [-0.39, 0.29) is 0 Å². The van der Waals surface area contributed by atoms with Gasteiger partial charge in [0.2, 0.25) is 0 Å². The molecule has 0 atom stereocenters. The Morgan fingerprint density at radius 3 is 2.55 bits per heavy atom. The van der Waals surface area contributed by atoms with Crippen molar-refractivity contribution in [2.45, 2.75) is 28.7 Å². The second-order valence-corrected chi connectivity index (χ2v) is 7.61. The highest BCUT2D eigenvalue weighted by atomic mass is 35.5. The lowest BCUT2D eigenvalue weighted by Crippen LogP contribution is -2.42. The molecule has 2 heterocycles. The van der Waals surface area contributed by atoms with Gasteiger partial charge in [-0.15, -0.1) is 0 Å². The van der Waals surface area contributed by atoms with E-state index in [4.69, 9.17) is 11.6 Å². The van der Waals surface area contributed by atoms with Gasteiger partial charge in [-0.1, -0.05) is 35.5 Å². The van der Waals surface area contributed by atoms with Gasteiger partial charge in [0, 0.05) is 20.9 Å². The Balaban J connectivity index is 1.80. The molecule has 2 nitrogen and oxygen atoms in total. The van der Waals surface area contributed by atoms with E-state index < -0.39 is 0 Å². The number of likely N-dealkylation sites (tertiary alicyclic amines) is 1. The predicted octanol–water partition coefficient (Wildman–Crippen LogP) is 5.04. The lowest BCUT2D eigenvalue weighted by molar-refractivity contribution is 0.255. The molecule has 2 aromatic rings. The number of hydrogen-bond donors (Lipinski definition) is 0. The molecule has 0 N–H and O–H groups in total. The minimum Gasteiger partial charge on any atom is -0.336 e. The molecule has 0 unspecified atom stereocenters. The van der Waals surface area contributed by atoms with Crippen molar-refractivity contribution < 1.29 is 0 Å². The van der Waals surface area contributed by atoms with Crippen LogP contribution in [0.1, 0.15) is 12.8 Å². The summed E-state index contributed by atoms with van der Waals surface area (Å²) in [6.45, 7) is 2.32. The van der Waals surface area contributed by atoms with Gasteiger partial charge in [-0.2, -0.15) is 0 Å².